The van der Waals surface area contributed by atoms with E-state index in [1.165, 1.54) is 22.2 Å². The van der Waals surface area contributed by atoms with Gasteiger partial charge in [-0.05, 0) is 38.8 Å². The summed E-state index contributed by atoms with van der Waals surface area (Å²) in [5.41, 5.74) is 3.83. The Labute approximate surface area is 185 Å². The summed E-state index contributed by atoms with van der Waals surface area (Å²) in [6.07, 6.45) is 0.965. The van der Waals surface area contributed by atoms with Crippen molar-refractivity contribution >= 4 is 40.8 Å². The lowest BCUT2D eigenvalue weighted by atomic mass is 10.1. The maximum Gasteiger partial charge on any atom is 0.191 e. The minimum Gasteiger partial charge on any atom is -0.379 e. The molecule has 1 aliphatic heterocycles. The second-order valence-electron chi connectivity index (χ2n) is 7.41. The number of rotatable bonds is 6. The highest BCUT2D eigenvalue weighted by Gasteiger charge is 2.23. The van der Waals surface area contributed by atoms with Crippen molar-refractivity contribution in [3.8, 4) is 0 Å². The molecule has 1 fully saturated rings. The Balaban J connectivity index is 0.00000280. The number of aromatic nitrogens is 1. The summed E-state index contributed by atoms with van der Waals surface area (Å²) in [5.74, 6) is 0.861. The molecule has 1 saturated heterocycles. The Bertz CT molecular complexity index is 775. The molecule has 0 saturated carbocycles. The van der Waals surface area contributed by atoms with E-state index in [4.69, 9.17) is 4.74 Å². The number of aryl methyl sites for hydroxylation is 1. The Morgan fingerprint density at radius 1 is 1.36 bits per heavy atom. The van der Waals surface area contributed by atoms with Crippen molar-refractivity contribution in [1.29, 1.82) is 0 Å². The van der Waals surface area contributed by atoms with Gasteiger partial charge >= 0.3 is 0 Å². The van der Waals surface area contributed by atoms with Crippen molar-refractivity contribution < 1.29 is 4.74 Å². The number of benzene rings is 1. The summed E-state index contributed by atoms with van der Waals surface area (Å²) in [7, 11) is 1.83. The van der Waals surface area contributed by atoms with E-state index < -0.39 is 0 Å². The fourth-order valence-corrected chi connectivity index (χ4v) is 3.94. The number of para-hydroxylation sites is 1. The van der Waals surface area contributed by atoms with Crippen molar-refractivity contribution in [3.05, 3.63) is 35.5 Å². The molecule has 28 heavy (non-hydrogen) atoms. The second kappa shape index (κ2) is 11.0. The van der Waals surface area contributed by atoms with Gasteiger partial charge in [0.1, 0.15) is 0 Å². The van der Waals surface area contributed by atoms with Crippen LogP contribution < -0.4 is 10.6 Å². The van der Waals surface area contributed by atoms with E-state index in [0.29, 0.717) is 12.1 Å². The Hall–Kier alpha value is -1.32. The topological polar surface area (TPSA) is 64.7 Å². The van der Waals surface area contributed by atoms with E-state index in [2.05, 4.69) is 70.5 Å². The van der Waals surface area contributed by atoms with Gasteiger partial charge in [-0.3, -0.25) is 9.89 Å². The molecule has 156 valence electrons. The molecule has 2 aromatic rings. The Kier molecular flexibility index (Phi) is 9.04. The average molecular weight is 499 g/mol. The SMILES string of the molecule is CN=C(NCCc1c(C)[nH]c2ccccc12)NCC(C)N1CCOCC1C.I. The van der Waals surface area contributed by atoms with Gasteiger partial charge in [0, 0.05) is 55.4 Å². The first kappa shape index (κ1) is 23.0. The lowest BCUT2D eigenvalue weighted by molar-refractivity contribution is -0.0174. The number of aliphatic imine (C=N–C) groups is 1. The number of nitrogens with one attached hydrogen (secondary N) is 3. The highest BCUT2D eigenvalue weighted by Crippen LogP contribution is 2.21. The van der Waals surface area contributed by atoms with Gasteiger partial charge in [0.05, 0.1) is 13.2 Å². The number of nitrogens with zero attached hydrogens (tertiary/aromatic N) is 2. The van der Waals surface area contributed by atoms with Crippen LogP contribution in [-0.2, 0) is 11.2 Å². The predicted molar refractivity (Wildman–Crippen MR) is 128 cm³/mol. The zero-order valence-electron chi connectivity index (χ0n) is 17.4. The first-order valence-electron chi connectivity index (χ1n) is 9.94. The molecule has 2 atom stereocenters. The summed E-state index contributed by atoms with van der Waals surface area (Å²) < 4.78 is 5.54. The third-order valence-corrected chi connectivity index (χ3v) is 5.47. The van der Waals surface area contributed by atoms with Crippen molar-refractivity contribution in [2.24, 2.45) is 4.99 Å². The fraction of sp³-hybridized carbons (Fsp3) is 0.571. The van der Waals surface area contributed by atoms with Crippen LogP contribution in [0.15, 0.2) is 29.3 Å². The maximum atomic E-state index is 5.54. The van der Waals surface area contributed by atoms with E-state index in [9.17, 15) is 0 Å². The number of hydrogen-bond donors (Lipinski definition) is 3. The zero-order valence-corrected chi connectivity index (χ0v) is 19.7. The first-order valence-corrected chi connectivity index (χ1v) is 9.94. The Morgan fingerprint density at radius 3 is 2.89 bits per heavy atom. The molecule has 7 heteroatoms. The zero-order chi connectivity index (χ0) is 19.2. The second-order valence-corrected chi connectivity index (χ2v) is 7.41. The number of guanidine groups is 1. The molecule has 2 heterocycles. The molecule has 0 radical (unpaired) electrons. The van der Waals surface area contributed by atoms with Crippen LogP contribution in [0.3, 0.4) is 0 Å². The minimum atomic E-state index is 0. The van der Waals surface area contributed by atoms with E-state index in [1.807, 2.05) is 7.05 Å². The van der Waals surface area contributed by atoms with Crippen LogP contribution in [0, 0.1) is 6.92 Å². The van der Waals surface area contributed by atoms with Crippen LogP contribution in [0.2, 0.25) is 0 Å². The smallest absolute Gasteiger partial charge is 0.191 e. The number of fused-ring (bicyclic) bond motifs is 1. The number of aromatic amines is 1. The summed E-state index contributed by atoms with van der Waals surface area (Å²) in [5, 5.41) is 8.23. The van der Waals surface area contributed by atoms with Crippen LogP contribution in [0.25, 0.3) is 10.9 Å². The average Bonchev–Trinajstić information content (AvgIpc) is 3.00. The molecule has 1 aliphatic rings. The number of hydrogen-bond acceptors (Lipinski definition) is 3. The lowest BCUT2D eigenvalue weighted by Gasteiger charge is -2.38. The van der Waals surface area contributed by atoms with Gasteiger partial charge in [-0.25, -0.2) is 0 Å². The first-order chi connectivity index (χ1) is 13.1. The lowest BCUT2D eigenvalue weighted by Crippen LogP contribution is -2.53. The molecule has 1 aromatic heterocycles. The molecule has 0 bridgehead atoms. The van der Waals surface area contributed by atoms with Crippen LogP contribution in [-0.4, -0.2) is 67.8 Å². The molecule has 0 spiro atoms. The maximum absolute atomic E-state index is 5.54. The quantitative estimate of drug-likeness (QED) is 0.325. The van der Waals surface area contributed by atoms with Gasteiger partial charge in [-0.2, -0.15) is 0 Å². The molecule has 0 amide bonds. The molecule has 6 nitrogen and oxygen atoms in total. The third-order valence-electron chi connectivity index (χ3n) is 5.47. The van der Waals surface area contributed by atoms with Gasteiger partial charge in [0.25, 0.3) is 0 Å². The molecular weight excluding hydrogens is 465 g/mol. The van der Waals surface area contributed by atoms with Gasteiger partial charge in [0.2, 0.25) is 0 Å². The summed E-state index contributed by atoms with van der Waals surface area (Å²) >= 11 is 0. The molecule has 0 aliphatic carbocycles. The van der Waals surface area contributed by atoms with Gasteiger partial charge in [-0.15, -0.1) is 24.0 Å². The van der Waals surface area contributed by atoms with Crippen LogP contribution in [0.5, 0.6) is 0 Å². The predicted octanol–water partition coefficient (Wildman–Crippen LogP) is 2.91. The summed E-state index contributed by atoms with van der Waals surface area (Å²) in [6.45, 7) is 11.0. The van der Waals surface area contributed by atoms with Crippen molar-refractivity contribution in [2.75, 3.05) is 39.9 Å². The van der Waals surface area contributed by atoms with Crippen LogP contribution in [0.4, 0.5) is 0 Å². The van der Waals surface area contributed by atoms with Gasteiger partial charge in [0.15, 0.2) is 5.96 Å². The van der Waals surface area contributed by atoms with Crippen LogP contribution in [0.1, 0.15) is 25.1 Å². The highest BCUT2D eigenvalue weighted by atomic mass is 127. The van der Waals surface area contributed by atoms with E-state index in [-0.39, 0.29) is 24.0 Å². The number of ether oxygens (including phenoxy) is 1. The standard InChI is InChI=1S/C21H33N5O.HI/c1-15(26-11-12-27-14-16(26)2)13-24-21(22-4)23-10-9-18-17(3)25-20-8-6-5-7-19(18)20;/h5-8,15-16,25H,9-14H2,1-4H3,(H2,22,23,24);1H. The molecular formula is C21H34IN5O. The molecule has 3 N–H and O–H groups in total. The number of halogens is 1. The number of morpholine rings is 1. The fourth-order valence-electron chi connectivity index (χ4n) is 3.94. The van der Waals surface area contributed by atoms with Crippen molar-refractivity contribution in [3.63, 3.8) is 0 Å². The van der Waals surface area contributed by atoms with Crippen LogP contribution >= 0.6 is 24.0 Å². The van der Waals surface area contributed by atoms with Gasteiger partial charge < -0.3 is 20.4 Å². The van der Waals surface area contributed by atoms with E-state index in [0.717, 1.165) is 45.2 Å². The Morgan fingerprint density at radius 2 is 2.14 bits per heavy atom. The monoisotopic (exact) mass is 499 g/mol. The third kappa shape index (κ3) is 5.61. The van der Waals surface area contributed by atoms with Crippen molar-refractivity contribution in [2.45, 2.75) is 39.3 Å². The normalized spacial score (nSPS) is 19.3. The summed E-state index contributed by atoms with van der Waals surface area (Å²) in [4.78, 5) is 10.3. The van der Waals surface area contributed by atoms with E-state index >= 15 is 0 Å². The minimum absolute atomic E-state index is 0. The molecule has 2 unspecified atom stereocenters. The molecule has 1 aromatic carbocycles. The largest absolute Gasteiger partial charge is 0.379 e. The van der Waals surface area contributed by atoms with Crippen molar-refractivity contribution in [1.82, 2.24) is 20.5 Å². The highest BCUT2D eigenvalue weighted by molar-refractivity contribution is 14.0. The van der Waals surface area contributed by atoms with E-state index in [1.54, 1.807) is 0 Å². The molecule has 3 rings (SSSR count). The van der Waals surface area contributed by atoms with Gasteiger partial charge in [-0.1, -0.05) is 18.2 Å². The summed E-state index contributed by atoms with van der Waals surface area (Å²) in [6, 6.07) is 9.40. The number of H-pyrrole nitrogens is 1.